The van der Waals surface area contributed by atoms with Crippen molar-refractivity contribution in [3.63, 3.8) is 0 Å². The molecule has 8 heteroatoms. The number of rotatable bonds is 7. The quantitative estimate of drug-likeness (QED) is 0.582. The lowest BCUT2D eigenvalue weighted by atomic mass is 10.2. The molecule has 1 heterocycles. The fraction of sp³-hybridized carbons (Fsp3) is 0.412. The molecular weight excluding hydrogens is 338 g/mol. The maximum absolute atomic E-state index is 5.53. The molecule has 0 spiro atoms. The molecule has 7 nitrogen and oxygen atoms in total. The average molecular weight is 363 g/mol. The zero-order valence-electron chi connectivity index (χ0n) is 15.3. The number of guanidine groups is 1. The number of aliphatic imine (C=N–C) groups is 1. The third kappa shape index (κ3) is 5.25. The van der Waals surface area contributed by atoms with Gasteiger partial charge in [0.05, 0.1) is 26.0 Å². The van der Waals surface area contributed by atoms with E-state index in [0.29, 0.717) is 24.9 Å². The second-order valence-electron chi connectivity index (χ2n) is 5.37. The minimum absolute atomic E-state index is 0.592. The lowest BCUT2D eigenvalue weighted by Crippen LogP contribution is -2.30. The molecule has 0 saturated heterocycles. The van der Waals surface area contributed by atoms with Gasteiger partial charge in [-0.3, -0.25) is 4.99 Å². The minimum Gasteiger partial charge on any atom is -0.493 e. The van der Waals surface area contributed by atoms with Gasteiger partial charge in [-0.05, 0) is 19.1 Å². The average Bonchev–Trinajstić information content (AvgIpc) is 3.09. The van der Waals surface area contributed by atoms with E-state index in [0.717, 1.165) is 22.3 Å². The van der Waals surface area contributed by atoms with Crippen LogP contribution >= 0.6 is 11.3 Å². The Bertz CT molecular complexity index is 715. The highest BCUT2D eigenvalue weighted by atomic mass is 32.1. The van der Waals surface area contributed by atoms with Gasteiger partial charge in [-0.2, -0.15) is 0 Å². The molecule has 0 unspecified atom stereocenters. The predicted octanol–water partition coefficient (Wildman–Crippen LogP) is 2.80. The zero-order chi connectivity index (χ0) is 18.2. The number of thiazole rings is 1. The fourth-order valence-electron chi connectivity index (χ4n) is 2.09. The van der Waals surface area contributed by atoms with E-state index in [-0.39, 0.29) is 0 Å². The summed E-state index contributed by atoms with van der Waals surface area (Å²) in [5.41, 5.74) is 1.83. The Morgan fingerprint density at radius 3 is 2.72 bits per heavy atom. The third-order valence-electron chi connectivity index (χ3n) is 3.31. The lowest BCUT2D eigenvalue weighted by Gasteiger charge is -2.14. The molecule has 0 radical (unpaired) electrons. The van der Waals surface area contributed by atoms with Gasteiger partial charge in [0.1, 0.15) is 0 Å². The van der Waals surface area contributed by atoms with E-state index < -0.39 is 0 Å². The Kier molecular flexibility index (Phi) is 6.88. The summed E-state index contributed by atoms with van der Waals surface area (Å²) in [6.07, 6.45) is 0. The summed E-state index contributed by atoms with van der Waals surface area (Å²) in [7, 11) is 7.32. The molecule has 0 fully saturated rings. The summed E-state index contributed by atoms with van der Waals surface area (Å²) in [4.78, 5) is 10.8. The summed E-state index contributed by atoms with van der Waals surface area (Å²) >= 11 is 1.62. The molecule has 0 atom stereocenters. The smallest absolute Gasteiger partial charge is 0.195 e. The third-order valence-corrected chi connectivity index (χ3v) is 4.37. The summed E-state index contributed by atoms with van der Waals surface area (Å²) in [6.45, 7) is 3.13. The van der Waals surface area contributed by atoms with Gasteiger partial charge in [0, 0.05) is 38.3 Å². The van der Waals surface area contributed by atoms with Crippen molar-refractivity contribution in [1.29, 1.82) is 0 Å². The Balaban J connectivity index is 1.99. The zero-order valence-corrected chi connectivity index (χ0v) is 16.1. The first-order valence-corrected chi connectivity index (χ1v) is 8.85. The molecule has 136 valence electrons. The van der Waals surface area contributed by atoms with Crippen LogP contribution < -0.4 is 25.0 Å². The number of anilines is 2. The SMILES string of the molecule is CCOc1ccc(NC(=NC)NCc2csc(N(C)C)n2)cc1OC. The van der Waals surface area contributed by atoms with Crippen molar-refractivity contribution in [2.24, 2.45) is 4.99 Å². The Morgan fingerprint density at radius 1 is 1.32 bits per heavy atom. The van der Waals surface area contributed by atoms with Crippen molar-refractivity contribution in [3.8, 4) is 11.5 Å². The van der Waals surface area contributed by atoms with Gasteiger partial charge in [-0.25, -0.2) is 4.98 Å². The van der Waals surface area contributed by atoms with Crippen LogP contribution in [0.1, 0.15) is 12.6 Å². The normalized spacial score (nSPS) is 11.2. The molecule has 0 amide bonds. The highest BCUT2D eigenvalue weighted by Crippen LogP contribution is 2.30. The molecule has 0 aliphatic rings. The van der Waals surface area contributed by atoms with Gasteiger partial charge in [-0.1, -0.05) is 0 Å². The molecule has 0 aliphatic heterocycles. The molecule has 2 N–H and O–H groups in total. The van der Waals surface area contributed by atoms with Crippen LogP contribution in [0.3, 0.4) is 0 Å². The first kappa shape index (κ1) is 18.9. The maximum Gasteiger partial charge on any atom is 0.195 e. The van der Waals surface area contributed by atoms with Crippen LogP contribution in [0.15, 0.2) is 28.6 Å². The number of methoxy groups -OCH3 is 1. The van der Waals surface area contributed by atoms with E-state index in [2.05, 4.69) is 20.6 Å². The topological polar surface area (TPSA) is 71.0 Å². The van der Waals surface area contributed by atoms with Gasteiger partial charge < -0.3 is 25.0 Å². The summed E-state index contributed by atoms with van der Waals surface area (Å²) in [6, 6.07) is 5.68. The molecular formula is C17H25N5O2S. The first-order chi connectivity index (χ1) is 12.1. The number of ether oxygens (including phenoxy) is 2. The number of hydrogen-bond donors (Lipinski definition) is 2. The van der Waals surface area contributed by atoms with E-state index in [1.165, 1.54) is 0 Å². The fourth-order valence-corrected chi connectivity index (χ4v) is 2.85. The van der Waals surface area contributed by atoms with E-state index in [1.54, 1.807) is 25.5 Å². The van der Waals surface area contributed by atoms with Gasteiger partial charge in [0.25, 0.3) is 0 Å². The second kappa shape index (κ2) is 9.12. The van der Waals surface area contributed by atoms with Crippen LogP contribution in [0, 0.1) is 0 Å². The van der Waals surface area contributed by atoms with E-state index in [4.69, 9.17) is 9.47 Å². The number of nitrogens with zero attached hydrogens (tertiary/aromatic N) is 3. The number of nitrogens with one attached hydrogen (secondary N) is 2. The molecule has 25 heavy (non-hydrogen) atoms. The summed E-state index contributed by atoms with van der Waals surface area (Å²) in [5.74, 6) is 2.06. The number of aromatic nitrogens is 1. The molecule has 2 rings (SSSR count). The van der Waals surface area contributed by atoms with Crippen molar-refractivity contribution in [1.82, 2.24) is 10.3 Å². The van der Waals surface area contributed by atoms with Crippen molar-refractivity contribution in [2.45, 2.75) is 13.5 Å². The van der Waals surface area contributed by atoms with E-state index in [1.807, 2.05) is 49.5 Å². The summed E-state index contributed by atoms with van der Waals surface area (Å²) < 4.78 is 10.9. The number of benzene rings is 1. The van der Waals surface area contributed by atoms with Gasteiger partial charge in [-0.15, -0.1) is 11.3 Å². The van der Waals surface area contributed by atoms with E-state index >= 15 is 0 Å². The van der Waals surface area contributed by atoms with Crippen LogP contribution in [0.4, 0.5) is 10.8 Å². The van der Waals surface area contributed by atoms with Gasteiger partial charge in [0.2, 0.25) is 0 Å². The Hall–Kier alpha value is -2.48. The van der Waals surface area contributed by atoms with Gasteiger partial charge in [0.15, 0.2) is 22.6 Å². The van der Waals surface area contributed by atoms with Crippen molar-refractivity contribution >= 4 is 28.1 Å². The molecule has 0 aliphatic carbocycles. The van der Waals surface area contributed by atoms with Crippen molar-refractivity contribution < 1.29 is 9.47 Å². The van der Waals surface area contributed by atoms with Crippen LogP contribution in [-0.4, -0.2) is 45.8 Å². The van der Waals surface area contributed by atoms with Gasteiger partial charge >= 0.3 is 0 Å². The van der Waals surface area contributed by atoms with Crippen LogP contribution in [0.2, 0.25) is 0 Å². The molecule has 0 bridgehead atoms. The van der Waals surface area contributed by atoms with E-state index in [9.17, 15) is 0 Å². The van der Waals surface area contributed by atoms with Crippen molar-refractivity contribution in [3.05, 3.63) is 29.3 Å². The largest absolute Gasteiger partial charge is 0.493 e. The molecule has 2 aromatic rings. The first-order valence-electron chi connectivity index (χ1n) is 7.97. The minimum atomic E-state index is 0.592. The summed E-state index contributed by atoms with van der Waals surface area (Å²) in [5, 5.41) is 9.52. The maximum atomic E-state index is 5.53. The molecule has 1 aromatic carbocycles. The monoisotopic (exact) mass is 363 g/mol. The lowest BCUT2D eigenvalue weighted by molar-refractivity contribution is 0.311. The number of hydrogen-bond acceptors (Lipinski definition) is 6. The predicted molar refractivity (Wildman–Crippen MR) is 104 cm³/mol. The van der Waals surface area contributed by atoms with Crippen LogP contribution in [0.25, 0.3) is 0 Å². The standard InChI is InChI=1S/C17H25N5O2S/c1-6-24-14-8-7-12(9-15(14)23-5)20-16(18-2)19-10-13-11-25-17(21-13)22(3)4/h7-9,11H,6,10H2,1-5H3,(H2,18,19,20). The highest BCUT2D eigenvalue weighted by Gasteiger charge is 2.08. The highest BCUT2D eigenvalue weighted by molar-refractivity contribution is 7.13. The molecule has 1 aromatic heterocycles. The van der Waals surface area contributed by atoms with Crippen molar-refractivity contribution in [2.75, 3.05) is 45.1 Å². The Labute approximate surface area is 152 Å². The second-order valence-corrected chi connectivity index (χ2v) is 6.20. The van der Waals surface area contributed by atoms with Crippen LogP contribution in [-0.2, 0) is 6.54 Å². The van der Waals surface area contributed by atoms with Crippen LogP contribution in [0.5, 0.6) is 11.5 Å². The Morgan fingerprint density at radius 2 is 2.12 bits per heavy atom. The molecule has 0 saturated carbocycles.